The molecule has 0 aliphatic rings. The van der Waals surface area contributed by atoms with Crippen molar-refractivity contribution in [2.45, 2.75) is 26.4 Å². The molecule has 3 aromatic rings. The summed E-state index contributed by atoms with van der Waals surface area (Å²) >= 11 is 0. The molecule has 0 unspecified atom stereocenters. The van der Waals surface area contributed by atoms with E-state index in [1.54, 1.807) is 0 Å². The Bertz CT molecular complexity index is 783. The van der Waals surface area contributed by atoms with E-state index in [4.69, 9.17) is 15.2 Å². The Labute approximate surface area is 140 Å². The van der Waals surface area contributed by atoms with E-state index in [2.05, 4.69) is 10.2 Å². The third kappa shape index (κ3) is 3.55. The minimum Gasteiger partial charge on any atom is -0.457 e. The Morgan fingerprint density at radius 3 is 2.08 bits per heavy atom. The van der Waals surface area contributed by atoms with Crippen molar-refractivity contribution < 1.29 is 9.47 Å². The molecule has 0 saturated heterocycles. The van der Waals surface area contributed by atoms with Crippen LogP contribution in [0.4, 0.5) is 0 Å². The average Bonchev–Trinajstić information content (AvgIpc) is 3.00. The second-order valence-electron chi connectivity index (χ2n) is 5.36. The van der Waals surface area contributed by atoms with E-state index in [-0.39, 0.29) is 6.04 Å². The zero-order valence-electron chi connectivity index (χ0n) is 13.7. The van der Waals surface area contributed by atoms with Crippen LogP contribution in [0.15, 0.2) is 54.6 Å². The lowest BCUT2D eigenvalue weighted by molar-refractivity contribution is 0.407. The Morgan fingerprint density at radius 1 is 0.917 bits per heavy atom. The van der Waals surface area contributed by atoms with Gasteiger partial charge in [0, 0.05) is 6.54 Å². The maximum absolute atomic E-state index is 5.89. The van der Waals surface area contributed by atoms with Gasteiger partial charge in [-0.1, -0.05) is 23.3 Å². The Balaban J connectivity index is 1.73. The summed E-state index contributed by atoms with van der Waals surface area (Å²) < 4.78 is 13.4. The van der Waals surface area contributed by atoms with Crippen molar-refractivity contribution in [3.05, 3.63) is 60.4 Å². The molecule has 6 nitrogen and oxygen atoms in total. The van der Waals surface area contributed by atoms with Crippen molar-refractivity contribution in [3.8, 4) is 23.3 Å². The van der Waals surface area contributed by atoms with Crippen molar-refractivity contribution in [2.24, 2.45) is 5.73 Å². The number of aromatic nitrogens is 3. The molecule has 0 spiro atoms. The van der Waals surface area contributed by atoms with Crippen LogP contribution in [-0.2, 0) is 6.54 Å². The van der Waals surface area contributed by atoms with Crippen LogP contribution in [0.2, 0.25) is 0 Å². The zero-order valence-corrected chi connectivity index (χ0v) is 13.7. The standard InChI is InChI=1S/C18H20N4O2/c1-3-22-17(13(2)19)20-21-18(22)24-16-11-9-15(10-12-16)23-14-7-5-4-6-8-14/h4-13H,3,19H2,1-2H3/t13-/m1/s1. The van der Waals surface area contributed by atoms with Gasteiger partial charge in [0.1, 0.15) is 17.2 Å². The molecule has 0 bridgehead atoms. The summed E-state index contributed by atoms with van der Waals surface area (Å²) in [6.45, 7) is 4.56. The summed E-state index contributed by atoms with van der Waals surface area (Å²) in [6, 6.07) is 17.2. The van der Waals surface area contributed by atoms with Gasteiger partial charge in [-0.15, -0.1) is 5.10 Å². The molecule has 0 radical (unpaired) electrons. The topological polar surface area (TPSA) is 75.2 Å². The highest BCUT2D eigenvalue weighted by Gasteiger charge is 2.15. The van der Waals surface area contributed by atoms with E-state index < -0.39 is 0 Å². The predicted octanol–water partition coefficient (Wildman–Crippen LogP) is 3.90. The van der Waals surface area contributed by atoms with Crippen LogP contribution in [0.1, 0.15) is 25.7 Å². The lowest BCUT2D eigenvalue weighted by Crippen LogP contribution is -2.13. The number of nitrogens with two attached hydrogens (primary N) is 1. The lowest BCUT2D eigenvalue weighted by Gasteiger charge is -2.10. The lowest BCUT2D eigenvalue weighted by atomic mass is 10.3. The molecule has 1 heterocycles. The van der Waals surface area contributed by atoms with E-state index in [1.165, 1.54) is 0 Å². The minimum absolute atomic E-state index is 0.198. The normalized spacial score (nSPS) is 12.0. The molecular weight excluding hydrogens is 304 g/mol. The number of ether oxygens (including phenoxy) is 2. The highest BCUT2D eigenvalue weighted by Crippen LogP contribution is 2.26. The van der Waals surface area contributed by atoms with Gasteiger partial charge in [-0.05, 0) is 50.2 Å². The van der Waals surface area contributed by atoms with Crippen molar-refractivity contribution in [2.75, 3.05) is 0 Å². The number of hydrogen-bond donors (Lipinski definition) is 1. The van der Waals surface area contributed by atoms with Crippen molar-refractivity contribution >= 4 is 0 Å². The third-order valence-electron chi connectivity index (χ3n) is 3.48. The SMILES string of the molecule is CCn1c(Oc2ccc(Oc3ccccc3)cc2)nnc1[C@@H](C)N. The Kier molecular flexibility index (Phi) is 4.77. The van der Waals surface area contributed by atoms with Gasteiger partial charge in [0.05, 0.1) is 6.04 Å². The average molecular weight is 324 g/mol. The highest BCUT2D eigenvalue weighted by molar-refractivity contribution is 5.36. The van der Waals surface area contributed by atoms with Gasteiger partial charge in [0.25, 0.3) is 0 Å². The molecule has 6 heteroatoms. The fraction of sp³-hybridized carbons (Fsp3) is 0.222. The fourth-order valence-electron chi connectivity index (χ4n) is 2.32. The van der Waals surface area contributed by atoms with Gasteiger partial charge in [-0.3, -0.25) is 4.57 Å². The molecule has 0 aliphatic heterocycles. The Morgan fingerprint density at radius 2 is 1.50 bits per heavy atom. The van der Waals surface area contributed by atoms with E-state index in [1.807, 2.05) is 73.0 Å². The van der Waals surface area contributed by atoms with Crippen LogP contribution in [0.3, 0.4) is 0 Å². The summed E-state index contributed by atoms with van der Waals surface area (Å²) in [4.78, 5) is 0. The summed E-state index contributed by atoms with van der Waals surface area (Å²) in [5.41, 5.74) is 5.89. The molecule has 0 aliphatic carbocycles. The highest BCUT2D eigenvalue weighted by atomic mass is 16.5. The molecule has 3 rings (SSSR count). The van der Waals surface area contributed by atoms with Gasteiger partial charge in [0.2, 0.25) is 0 Å². The van der Waals surface area contributed by atoms with Crippen molar-refractivity contribution in [1.29, 1.82) is 0 Å². The fourth-order valence-corrected chi connectivity index (χ4v) is 2.32. The molecular formula is C18H20N4O2. The predicted molar refractivity (Wildman–Crippen MR) is 91.3 cm³/mol. The molecule has 124 valence electrons. The number of hydrogen-bond acceptors (Lipinski definition) is 5. The van der Waals surface area contributed by atoms with Crippen LogP contribution in [0.25, 0.3) is 0 Å². The van der Waals surface area contributed by atoms with Crippen LogP contribution in [0, 0.1) is 0 Å². The van der Waals surface area contributed by atoms with Gasteiger partial charge < -0.3 is 15.2 Å². The molecule has 1 atom stereocenters. The van der Waals surface area contributed by atoms with E-state index in [0.717, 1.165) is 11.5 Å². The first-order chi connectivity index (χ1) is 11.7. The number of rotatable bonds is 6. The summed E-state index contributed by atoms with van der Waals surface area (Å²) in [7, 11) is 0. The molecule has 2 aromatic carbocycles. The van der Waals surface area contributed by atoms with Crippen LogP contribution in [-0.4, -0.2) is 14.8 Å². The van der Waals surface area contributed by atoms with Gasteiger partial charge in [-0.2, -0.15) is 0 Å². The van der Waals surface area contributed by atoms with Crippen molar-refractivity contribution in [1.82, 2.24) is 14.8 Å². The number of nitrogens with zero attached hydrogens (tertiary/aromatic N) is 3. The molecule has 0 saturated carbocycles. The second kappa shape index (κ2) is 7.14. The first-order valence-corrected chi connectivity index (χ1v) is 7.87. The summed E-state index contributed by atoms with van der Waals surface area (Å²) in [5, 5.41) is 8.17. The second-order valence-corrected chi connectivity index (χ2v) is 5.36. The first kappa shape index (κ1) is 16.0. The smallest absolute Gasteiger partial charge is 0.322 e. The van der Waals surface area contributed by atoms with Crippen molar-refractivity contribution in [3.63, 3.8) is 0 Å². The molecule has 24 heavy (non-hydrogen) atoms. The molecule has 0 fully saturated rings. The van der Waals surface area contributed by atoms with Crippen LogP contribution in [0.5, 0.6) is 23.3 Å². The molecule has 1 aromatic heterocycles. The largest absolute Gasteiger partial charge is 0.457 e. The molecule has 2 N–H and O–H groups in total. The van der Waals surface area contributed by atoms with Gasteiger partial charge in [0.15, 0.2) is 5.82 Å². The molecule has 0 amide bonds. The minimum atomic E-state index is -0.198. The van der Waals surface area contributed by atoms with E-state index >= 15 is 0 Å². The third-order valence-corrected chi connectivity index (χ3v) is 3.48. The zero-order chi connectivity index (χ0) is 16.9. The maximum Gasteiger partial charge on any atom is 0.322 e. The van der Waals surface area contributed by atoms with E-state index in [0.29, 0.717) is 24.1 Å². The quantitative estimate of drug-likeness (QED) is 0.744. The number of para-hydroxylation sites is 1. The van der Waals surface area contributed by atoms with Gasteiger partial charge >= 0.3 is 6.01 Å². The summed E-state index contributed by atoms with van der Waals surface area (Å²) in [6.07, 6.45) is 0. The van der Waals surface area contributed by atoms with E-state index in [9.17, 15) is 0 Å². The summed E-state index contributed by atoms with van der Waals surface area (Å²) in [5.74, 6) is 2.89. The monoisotopic (exact) mass is 324 g/mol. The number of benzene rings is 2. The Hall–Kier alpha value is -2.86. The van der Waals surface area contributed by atoms with Crippen LogP contribution < -0.4 is 15.2 Å². The van der Waals surface area contributed by atoms with Gasteiger partial charge in [-0.25, -0.2) is 0 Å². The van der Waals surface area contributed by atoms with Crippen LogP contribution >= 0.6 is 0 Å². The maximum atomic E-state index is 5.89. The first-order valence-electron chi connectivity index (χ1n) is 7.87.